The highest BCUT2D eigenvalue weighted by Gasteiger charge is 2.11. The molecule has 0 bridgehead atoms. The number of benzene rings is 2. The van der Waals surface area contributed by atoms with Crippen LogP contribution < -0.4 is 11.5 Å². The van der Waals surface area contributed by atoms with Crippen LogP contribution in [0.4, 0.5) is 0 Å². The molecule has 20 heavy (non-hydrogen) atoms. The van der Waals surface area contributed by atoms with Gasteiger partial charge in [0.2, 0.25) is 0 Å². The topological polar surface area (TPSA) is 89.1 Å². The van der Waals surface area contributed by atoms with Crippen LogP contribution in [0.2, 0.25) is 0 Å². The molecule has 5 nitrogen and oxygen atoms in total. The van der Waals surface area contributed by atoms with Gasteiger partial charge in [-0.15, -0.1) is 0 Å². The van der Waals surface area contributed by atoms with Crippen LogP contribution in [0.3, 0.4) is 0 Å². The van der Waals surface area contributed by atoms with Gasteiger partial charge in [0.05, 0.1) is 5.52 Å². The Balaban J connectivity index is 2.04. The molecular weight excluding hydrogens is 256 g/mol. The van der Waals surface area contributed by atoms with Crippen LogP contribution in [0.25, 0.3) is 11.1 Å². The number of aromatic amines is 1. The van der Waals surface area contributed by atoms with Crippen molar-refractivity contribution in [2.24, 2.45) is 5.73 Å². The minimum atomic E-state index is -0.533. The number of fused-ring (bicyclic) bond motifs is 1. The highest BCUT2D eigenvalue weighted by atomic mass is 16.4. The van der Waals surface area contributed by atoms with E-state index in [1.807, 2.05) is 6.07 Å². The number of H-pyrrole nitrogens is 1. The molecule has 1 aromatic heterocycles. The maximum atomic E-state index is 12.4. The van der Waals surface area contributed by atoms with Crippen LogP contribution in [0.5, 0.6) is 0 Å². The molecule has 0 saturated heterocycles. The quantitative estimate of drug-likeness (QED) is 0.709. The van der Waals surface area contributed by atoms with Gasteiger partial charge in [0.15, 0.2) is 11.4 Å². The number of ketones is 1. The molecule has 100 valence electrons. The number of rotatable bonds is 3. The van der Waals surface area contributed by atoms with Gasteiger partial charge in [0.1, 0.15) is 0 Å². The molecule has 3 N–H and O–H groups in total. The molecule has 0 radical (unpaired) electrons. The fourth-order valence-electron chi connectivity index (χ4n) is 2.09. The van der Waals surface area contributed by atoms with E-state index in [0.717, 1.165) is 5.56 Å². The molecule has 3 aromatic rings. The maximum Gasteiger partial charge on any atom is 0.417 e. The first kappa shape index (κ1) is 12.4. The van der Waals surface area contributed by atoms with Gasteiger partial charge in [-0.25, -0.2) is 4.79 Å². The first-order chi connectivity index (χ1) is 9.67. The Kier molecular flexibility index (Phi) is 2.96. The molecule has 2 aromatic carbocycles. The molecule has 0 aliphatic rings. The molecule has 1 heterocycles. The fourth-order valence-corrected chi connectivity index (χ4v) is 2.09. The summed E-state index contributed by atoms with van der Waals surface area (Å²) in [6.07, 6.45) is 0. The average molecular weight is 268 g/mol. The monoisotopic (exact) mass is 268 g/mol. The predicted octanol–water partition coefficient (Wildman–Crippen LogP) is 1.81. The van der Waals surface area contributed by atoms with Crippen LogP contribution in [0, 0.1) is 0 Å². The van der Waals surface area contributed by atoms with Gasteiger partial charge in [-0.2, -0.15) is 0 Å². The van der Waals surface area contributed by atoms with Gasteiger partial charge in [-0.05, 0) is 29.8 Å². The van der Waals surface area contributed by atoms with Crippen molar-refractivity contribution < 1.29 is 9.21 Å². The van der Waals surface area contributed by atoms with Crippen LogP contribution in [0.15, 0.2) is 51.7 Å². The summed E-state index contributed by atoms with van der Waals surface area (Å²) >= 11 is 0. The van der Waals surface area contributed by atoms with Crippen LogP contribution >= 0.6 is 0 Å². The Morgan fingerprint density at radius 3 is 2.75 bits per heavy atom. The lowest BCUT2D eigenvalue weighted by atomic mass is 10.0. The zero-order chi connectivity index (χ0) is 14.1. The predicted molar refractivity (Wildman–Crippen MR) is 74.6 cm³/mol. The van der Waals surface area contributed by atoms with E-state index in [9.17, 15) is 9.59 Å². The van der Waals surface area contributed by atoms with Crippen LogP contribution in [0.1, 0.15) is 21.5 Å². The van der Waals surface area contributed by atoms with E-state index >= 15 is 0 Å². The molecule has 0 aliphatic heterocycles. The highest BCUT2D eigenvalue weighted by molar-refractivity contribution is 6.10. The summed E-state index contributed by atoms with van der Waals surface area (Å²) in [5.41, 5.74) is 8.43. The Bertz CT molecular complexity index is 845. The zero-order valence-corrected chi connectivity index (χ0v) is 10.6. The third kappa shape index (κ3) is 2.15. The van der Waals surface area contributed by atoms with Crippen LogP contribution in [-0.4, -0.2) is 10.8 Å². The molecule has 3 rings (SSSR count). The Labute approximate surface area is 114 Å². The van der Waals surface area contributed by atoms with Crippen molar-refractivity contribution in [2.45, 2.75) is 6.54 Å². The van der Waals surface area contributed by atoms with E-state index in [1.165, 1.54) is 0 Å². The van der Waals surface area contributed by atoms with Gasteiger partial charge in [0, 0.05) is 17.7 Å². The van der Waals surface area contributed by atoms with Gasteiger partial charge >= 0.3 is 5.76 Å². The number of carbonyl (C=O) groups is 1. The smallest absolute Gasteiger partial charge is 0.408 e. The minimum absolute atomic E-state index is 0.133. The molecule has 0 amide bonds. The van der Waals surface area contributed by atoms with Crippen molar-refractivity contribution in [3.05, 3.63) is 69.7 Å². The highest BCUT2D eigenvalue weighted by Crippen LogP contribution is 2.16. The lowest BCUT2D eigenvalue weighted by Gasteiger charge is -2.03. The van der Waals surface area contributed by atoms with Crippen molar-refractivity contribution >= 4 is 16.9 Å². The van der Waals surface area contributed by atoms with E-state index in [-0.39, 0.29) is 5.78 Å². The second-order valence-corrected chi connectivity index (χ2v) is 4.46. The van der Waals surface area contributed by atoms with Crippen molar-refractivity contribution in [3.63, 3.8) is 0 Å². The lowest BCUT2D eigenvalue weighted by Crippen LogP contribution is -2.03. The van der Waals surface area contributed by atoms with E-state index in [1.54, 1.807) is 36.4 Å². The minimum Gasteiger partial charge on any atom is -0.408 e. The van der Waals surface area contributed by atoms with Crippen molar-refractivity contribution in [1.82, 2.24) is 4.98 Å². The first-order valence-corrected chi connectivity index (χ1v) is 6.14. The van der Waals surface area contributed by atoms with E-state index in [0.29, 0.717) is 28.8 Å². The van der Waals surface area contributed by atoms with E-state index < -0.39 is 5.76 Å². The van der Waals surface area contributed by atoms with Gasteiger partial charge in [-0.1, -0.05) is 18.2 Å². The van der Waals surface area contributed by atoms with E-state index in [4.69, 9.17) is 10.2 Å². The molecule has 0 spiro atoms. The van der Waals surface area contributed by atoms with Gasteiger partial charge in [0.25, 0.3) is 0 Å². The molecule has 5 heteroatoms. The number of nitrogens with one attached hydrogen (secondary N) is 1. The summed E-state index contributed by atoms with van der Waals surface area (Å²) in [6, 6.07) is 12.0. The SMILES string of the molecule is NCc1cccc(C(=O)c2ccc3[nH]c(=O)oc3c2)c1. The first-order valence-electron chi connectivity index (χ1n) is 6.14. The Hall–Kier alpha value is -2.66. The molecule has 0 atom stereocenters. The van der Waals surface area contributed by atoms with Gasteiger partial charge < -0.3 is 10.2 Å². The van der Waals surface area contributed by atoms with E-state index in [2.05, 4.69) is 4.98 Å². The summed E-state index contributed by atoms with van der Waals surface area (Å²) in [5.74, 6) is -0.666. The second-order valence-electron chi connectivity index (χ2n) is 4.46. The molecule has 0 unspecified atom stereocenters. The zero-order valence-electron chi connectivity index (χ0n) is 10.6. The number of carbonyl (C=O) groups excluding carboxylic acids is 1. The molecular formula is C15H12N2O3. The molecule has 0 saturated carbocycles. The van der Waals surface area contributed by atoms with Crippen LogP contribution in [-0.2, 0) is 6.54 Å². The fraction of sp³-hybridized carbons (Fsp3) is 0.0667. The summed E-state index contributed by atoms with van der Waals surface area (Å²) in [7, 11) is 0. The average Bonchev–Trinajstić information content (AvgIpc) is 2.85. The largest absolute Gasteiger partial charge is 0.417 e. The number of oxazole rings is 1. The Morgan fingerprint density at radius 1 is 1.15 bits per heavy atom. The van der Waals surface area contributed by atoms with Crippen molar-refractivity contribution in [3.8, 4) is 0 Å². The summed E-state index contributed by atoms with van der Waals surface area (Å²) in [4.78, 5) is 26.0. The standard InChI is InChI=1S/C15H12N2O3/c16-8-9-2-1-3-10(6-9)14(18)11-4-5-12-13(7-11)20-15(19)17-12/h1-7H,8,16H2,(H,17,19). The summed E-state index contributed by atoms with van der Waals surface area (Å²) in [6.45, 7) is 0.382. The molecule has 0 aliphatic carbocycles. The number of hydrogen-bond donors (Lipinski definition) is 2. The summed E-state index contributed by atoms with van der Waals surface area (Å²) < 4.78 is 4.96. The number of aromatic nitrogens is 1. The van der Waals surface area contributed by atoms with Crippen molar-refractivity contribution in [1.29, 1.82) is 0 Å². The number of nitrogens with two attached hydrogens (primary N) is 1. The normalized spacial score (nSPS) is 10.8. The molecule has 0 fully saturated rings. The Morgan fingerprint density at radius 2 is 1.95 bits per heavy atom. The summed E-state index contributed by atoms with van der Waals surface area (Å²) in [5, 5.41) is 0. The lowest BCUT2D eigenvalue weighted by molar-refractivity contribution is 0.103. The van der Waals surface area contributed by atoms with Crippen molar-refractivity contribution in [2.75, 3.05) is 0 Å². The maximum absolute atomic E-state index is 12.4. The third-order valence-electron chi connectivity index (χ3n) is 3.11. The van der Waals surface area contributed by atoms with Gasteiger partial charge in [-0.3, -0.25) is 9.78 Å². The third-order valence-corrected chi connectivity index (χ3v) is 3.11. The number of hydrogen-bond acceptors (Lipinski definition) is 4. The second kappa shape index (κ2) is 4.79.